The van der Waals surface area contributed by atoms with Crippen molar-refractivity contribution in [3.63, 3.8) is 0 Å². The van der Waals surface area contributed by atoms with Gasteiger partial charge in [0.2, 0.25) is 5.91 Å². The van der Waals surface area contributed by atoms with Crippen LogP contribution in [0.5, 0.6) is 5.75 Å². The predicted octanol–water partition coefficient (Wildman–Crippen LogP) is 1.82. The smallest absolute Gasteiger partial charge is 0.226 e. The maximum Gasteiger partial charge on any atom is 0.226 e. The summed E-state index contributed by atoms with van der Waals surface area (Å²) in [6.45, 7) is 3.53. The summed E-state index contributed by atoms with van der Waals surface area (Å²) < 4.78 is 6.39. The lowest BCUT2D eigenvalue weighted by Crippen LogP contribution is -2.49. The molecule has 1 aromatic carbocycles. The molecular formula is C20H24N2O3. The van der Waals surface area contributed by atoms with Gasteiger partial charge < -0.3 is 14.5 Å². The van der Waals surface area contributed by atoms with Crippen molar-refractivity contribution in [3.8, 4) is 5.75 Å². The van der Waals surface area contributed by atoms with Gasteiger partial charge in [0.05, 0.1) is 12.0 Å². The molecule has 0 aromatic heterocycles. The topological polar surface area (TPSA) is 49.9 Å². The monoisotopic (exact) mass is 340 g/mol. The molecule has 4 atom stereocenters. The molecule has 0 N–H and O–H groups in total. The number of carbonyl (C=O) groups excluding carboxylic acids is 2. The van der Waals surface area contributed by atoms with Crippen molar-refractivity contribution in [3.05, 3.63) is 29.8 Å². The molecule has 25 heavy (non-hydrogen) atoms. The first-order chi connectivity index (χ1) is 12.1. The van der Waals surface area contributed by atoms with Gasteiger partial charge >= 0.3 is 0 Å². The Bertz CT molecular complexity index is 740. The number of piperazine rings is 1. The van der Waals surface area contributed by atoms with Crippen LogP contribution in [0.15, 0.2) is 24.3 Å². The lowest BCUT2D eigenvalue weighted by atomic mass is 9.84. The molecule has 1 amide bonds. The van der Waals surface area contributed by atoms with Crippen molar-refractivity contribution in [1.29, 1.82) is 0 Å². The third-order valence-corrected chi connectivity index (χ3v) is 6.74. The summed E-state index contributed by atoms with van der Waals surface area (Å²) >= 11 is 0. The van der Waals surface area contributed by atoms with Crippen LogP contribution in [-0.4, -0.2) is 60.3 Å². The van der Waals surface area contributed by atoms with Gasteiger partial charge in [-0.15, -0.1) is 0 Å². The zero-order valence-electron chi connectivity index (χ0n) is 14.6. The van der Waals surface area contributed by atoms with E-state index in [1.54, 1.807) is 0 Å². The van der Waals surface area contributed by atoms with Crippen LogP contribution in [0.2, 0.25) is 0 Å². The third-order valence-electron chi connectivity index (χ3n) is 6.74. The quantitative estimate of drug-likeness (QED) is 0.782. The van der Waals surface area contributed by atoms with Crippen LogP contribution < -0.4 is 4.74 Å². The van der Waals surface area contributed by atoms with Crippen LogP contribution >= 0.6 is 0 Å². The number of ketones is 1. The van der Waals surface area contributed by atoms with Gasteiger partial charge in [0.15, 0.2) is 5.78 Å². The molecule has 1 aromatic rings. The number of amides is 1. The zero-order chi connectivity index (χ0) is 17.2. The SMILES string of the molecule is CN1CCN(C(=O)[C@@H]2[C@@H]3CC[C@]4(CC(=O)c5ccccc5O4)[C@H]32)CC1. The highest BCUT2D eigenvalue weighted by molar-refractivity contribution is 6.00. The Morgan fingerprint density at radius 3 is 2.76 bits per heavy atom. The molecule has 0 unspecified atom stereocenters. The molecule has 1 spiro atoms. The molecule has 5 nitrogen and oxygen atoms in total. The van der Waals surface area contributed by atoms with E-state index in [1.165, 1.54) is 0 Å². The van der Waals surface area contributed by atoms with Gasteiger partial charge in [-0.25, -0.2) is 0 Å². The molecule has 5 heteroatoms. The summed E-state index contributed by atoms with van der Waals surface area (Å²) in [6, 6.07) is 7.53. The highest BCUT2D eigenvalue weighted by Crippen LogP contribution is 2.66. The summed E-state index contributed by atoms with van der Waals surface area (Å²) in [5.74, 6) is 1.85. The van der Waals surface area contributed by atoms with Crippen LogP contribution in [0.25, 0.3) is 0 Å². The molecule has 2 aliphatic carbocycles. The minimum Gasteiger partial charge on any atom is -0.486 e. The molecule has 132 valence electrons. The largest absolute Gasteiger partial charge is 0.486 e. The Morgan fingerprint density at radius 2 is 1.96 bits per heavy atom. The molecular weight excluding hydrogens is 316 g/mol. The molecule has 3 fully saturated rings. The Balaban J connectivity index is 1.36. The minimum atomic E-state index is -0.441. The fourth-order valence-electron chi connectivity index (χ4n) is 5.34. The fraction of sp³-hybridized carbons (Fsp3) is 0.600. The van der Waals surface area contributed by atoms with Crippen molar-refractivity contribution in [2.45, 2.75) is 24.9 Å². The lowest BCUT2D eigenvalue weighted by Gasteiger charge is -2.38. The number of fused-ring (bicyclic) bond motifs is 3. The number of rotatable bonds is 1. The molecule has 2 saturated carbocycles. The number of nitrogens with zero attached hydrogens (tertiary/aromatic N) is 2. The Labute approximate surface area is 147 Å². The van der Waals surface area contributed by atoms with E-state index in [0.717, 1.165) is 39.0 Å². The third kappa shape index (κ3) is 2.25. The van der Waals surface area contributed by atoms with Gasteiger partial charge in [-0.1, -0.05) is 12.1 Å². The summed E-state index contributed by atoms with van der Waals surface area (Å²) in [4.78, 5) is 29.9. The van der Waals surface area contributed by atoms with Crippen LogP contribution in [0, 0.1) is 17.8 Å². The Kier molecular flexibility index (Phi) is 3.26. The van der Waals surface area contributed by atoms with E-state index in [9.17, 15) is 9.59 Å². The first kappa shape index (κ1) is 15.4. The maximum absolute atomic E-state index is 13.0. The number of likely N-dealkylation sites (N-methyl/N-ethyl adjacent to an activating group) is 1. The van der Waals surface area contributed by atoms with Crippen LogP contribution in [0.3, 0.4) is 0 Å². The van der Waals surface area contributed by atoms with Crippen LogP contribution in [0.1, 0.15) is 29.6 Å². The molecule has 5 rings (SSSR count). The fourth-order valence-corrected chi connectivity index (χ4v) is 5.34. The average molecular weight is 340 g/mol. The van der Waals surface area contributed by atoms with Crippen LogP contribution in [-0.2, 0) is 4.79 Å². The van der Waals surface area contributed by atoms with E-state index in [1.807, 2.05) is 29.2 Å². The van der Waals surface area contributed by atoms with Gasteiger partial charge in [0, 0.05) is 38.0 Å². The normalized spacial score (nSPS) is 36.8. The molecule has 2 aliphatic heterocycles. The van der Waals surface area contributed by atoms with Gasteiger partial charge in [0.1, 0.15) is 11.4 Å². The lowest BCUT2D eigenvalue weighted by molar-refractivity contribution is -0.136. The first-order valence-corrected chi connectivity index (χ1v) is 9.38. The molecule has 1 saturated heterocycles. The number of carbonyl (C=O) groups is 2. The standard InChI is InChI=1S/C20H24N2O3/c1-21-8-10-22(11-9-21)19(24)17-14-6-7-20(18(14)17)12-15(23)13-4-2-3-5-16(13)25-20/h2-5,14,17-18H,6-12H2,1H3/t14-,17+,18+,20-/m0/s1. The van der Waals surface area contributed by atoms with E-state index < -0.39 is 5.60 Å². The van der Waals surface area contributed by atoms with Crippen molar-refractivity contribution >= 4 is 11.7 Å². The summed E-state index contributed by atoms with van der Waals surface area (Å²) in [5, 5.41) is 0. The number of hydrogen-bond donors (Lipinski definition) is 0. The minimum absolute atomic E-state index is 0.0650. The van der Waals surface area contributed by atoms with E-state index in [2.05, 4.69) is 11.9 Å². The van der Waals surface area contributed by atoms with Crippen molar-refractivity contribution in [1.82, 2.24) is 9.80 Å². The van der Waals surface area contributed by atoms with Gasteiger partial charge in [-0.2, -0.15) is 0 Å². The van der Waals surface area contributed by atoms with E-state index >= 15 is 0 Å². The Hall–Kier alpha value is -1.88. The molecule has 2 heterocycles. The molecule has 4 aliphatic rings. The highest BCUT2D eigenvalue weighted by Gasteiger charge is 2.71. The van der Waals surface area contributed by atoms with Gasteiger partial charge in [-0.05, 0) is 37.9 Å². The average Bonchev–Trinajstić information content (AvgIpc) is 3.26. The van der Waals surface area contributed by atoms with Gasteiger partial charge in [-0.3, -0.25) is 9.59 Å². The van der Waals surface area contributed by atoms with Crippen molar-refractivity contribution in [2.75, 3.05) is 33.2 Å². The van der Waals surface area contributed by atoms with Gasteiger partial charge in [0.25, 0.3) is 0 Å². The van der Waals surface area contributed by atoms with Crippen LogP contribution in [0.4, 0.5) is 0 Å². The van der Waals surface area contributed by atoms with Crippen molar-refractivity contribution in [2.24, 2.45) is 17.8 Å². The zero-order valence-corrected chi connectivity index (χ0v) is 14.6. The summed E-state index contributed by atoms with van der Waals surface area (Å²) in [6.07, 6.45) is 2.33. The maximum atomic E-state index is 13.0. The Morgan fingerprint density at radius 1 is 1.20 bits per heavy atom. The van der Waals surface area contributed by atoms with E-state index in [-0.39, 0.29) is 23.5 Å². The number of benzene rings is 1. The van der Waals surface area contributed by atoms with E-state index in [0.29, 0.717) is 23.7 Å². The molecule has 0 radical (unpaired) electrons. The number of Topliss-reactive ketones (excluding diaryl/α,β-unsaturated/α-hetero) is 1. The molecule has 0 bridgehead atoms. The summed E-state index contributed by atoms with van der Waals surface area (Å²) in [7, 11) is 2.10. The van der Waals surface area contributed by atoms with Crippen molar-refractivity contribution < 1.29 is 14.3 Å². The highest BCUT2D eigenvalue weighted by atomic mass is 16.5. The number of para-hydroxylation sites is 1. The second kappa shape index (κ2) is 5.31. The summed E-state index contributed by atoms with van der Waals surface area (Å²) in [5.41, 5.74) is 0.252. The number of hydrogen-bond acceptors (Lipinski definition) is 4. The number of ether oxygens (including phenoxy) is 1. The predicted molar refractivity (Wildman–Crippen MR) is 92.5 cm³/mol. The second-order valence-corrected chi connectivity index (χ2v) is 8.15. The second-order valence-electron chi connectivity index (χ2n) is 8.15. The first-order valence-electron chi connectivity index (χ1n) is 9.38. The van der Waals surface area contributed by atoms with E-state index in [4.69, 9.17) is 4.74 Å².